The molecule has 2 fully saturated rings. The molecule has 1 aromatic rings. The van der Waals surface area contributed by atoms with Crippen molar-refractivity contribution < 1.29 is 4.79 Å². The summed E-state index contributed by atoms with van der Waals surface area (Å²) in [4.78, 5) is 19.4. The lowest BCUT2D eigenvalue weighted by molar-refractivity contribution is -0.133. The predicted molar refractivity (Wildman–Crippen MR) is 94.3 cm³/mol. The molecule has 128 valence electrons. The molecule has 6 heteroatoms. The minimum Gasteiger partial charge on any atom is -0.337 e. The second-order valence-corrected chi connectivity index (χ2v) is 7.89. The third-order valence-corrected chi connectivity index (χ3v) is 6.11. The topological polar surface area (TPSA) is 50.2 Å². The monoisotopic (exact) mass is 336 g/mol. The van der Waals surface area contributed by atoms with Crippen LogP contribution in [0.15, 0.2) is 12.4 Å². The molecule has 3 rings (SSSR count). The Morgan fingerprint density at radius 2 is 2.30 bits per heavy atom. The summed E-state index contributed by atoms with van der Waals surface area (Å²) in [6, 6.07) is 0.420. The van der Waals surface area contributed by atoms with Crippen molar-refractivity contribution in [2.75, 3.05) is 25.1 Å². The lowest BCUT2D eigenvalue weighted by Gasteiger charge is -2.29. The van der Waals surface area contributed by atoms with E-state index in [2.05, 4.69) is 21.5 Å². The van der Waals surface area contributed by atoms with Crippen molar-refractivity contribution in [3.8, 4) is 0 Å². The van der Waals surface area contributed by atoms with Crippen LogP contribution in [0.2, 0.25) is 0 Å². The van der Waals surface area contributed by atoms with Crippen molar-refractivity contribution in [1.82, 2.24) is 19.8 Å². The number of nitrogens with zero attached hydrogens (tertiary/aromatic N) is 3. The molecule has 1 saturated heterocycles. The number of rotatable bonds is 7. The number of aromatic nitrogens is 2. The molecule has 0 aromatic carbocycles. The highest BCUT2D eigenvalue weighted by atomic mass is 32.2. The average molecular weight is 337 g/mol. The molecule has 1 N–H and O–H groups in total. The van der Waals surface area contributed by atoms with E-state index in [9.17, 15) is 4.79 Å². The van der Waals surface area contributed by atoms with E-state index >= 15 is 0 Å². The third kappa shape index (κ3) is 3.74. The van der Waals surface area contributed by atoms with Crippen molar-refractivity contribution >= 4 is 17.7 Å². The second kappa shape index (κ2) is 7.26. The van der Waals surface area contributed by atoms with Crippen molar-refractivity contribution in [3.05, 3.63) is 18.2 Å². The Kier molecular flexibility index (Phi) is 5.31. The average Bonchev–Trinajstić information content (AvgIpc) is 3.06. The van der Waals surface area contributed by atoms with E-state index in [4.69, 9.17) is 0 Å². The van der Waals surface area contributed by atoms with Gasteiger partial charge in [0.25, 0.3) is 0 Å². The van der Waals surface area contributed by atoms with Crippen molar-refractivity contribution in [2.45, 2.75) is 44.7 Å². The van der Waals surface area contributed by atoms with Gasteiger partial charge in [-0.1, -0.05) is 0 Å². The summed E-state index contributed by atoms with van der Waals surface area (Å²) in [5, 5.41) is 3.44. The zero-order chi connectivity index (χ0) is 16.3. The van der Waals surface area contributed by atoms with Crippen molar-refractivity contribution in [3.63, 3.8) is 0 Å². The fraction of sp³-hybridized carbons (Fsp3) is 0.765. The normalized spacial score (nSPS) is 22.3. The summed E-state index contributed by atoms with van der Waals surface area (Å²) < 4.78 is 2.03. The zero-order valence-corrected chi connectivity index (χ0v) is 15.1. The van der Waals surface area contributed by atoms with Gasteiger partial charge >= 0.3 is 0 Å². The Morgan fingerprint density at radius 1 is 1.52 bits per heavy atom. The molecular formula is C17H28N4OS. The number of imidazole rings is 1. The van der Waals surface area contributed by atoms with Crippen LogP contribution in [-0.4, -0.2) is 51.5 Å². The van der Waals surface area contributed by atoms with E-state index in [0.29, 0.717) is 30.3 Å². The van der Waals surface area contributed by atoms with Gasteiger partial charge in [0.1, 0.15) is 5.82 Å². The summed E-state index contributed by atoms with van der Waals surface area (Å²) >= 11 is 1.81. The summed E-state index contributed by atoms with van der Waals surface area (Å²) in [6.07, 6.45) is 11.1. The van der Waals surface area contributed by atoms with Gasteiger partial charge in [0.2, 0.25) is 5.91 Å². The molecule has 0 unspecified atom stereocenters. The summed E-state index contributed by atoms with van der Waals surface area (Å²) in [7, 11) is 2.01. The van der Waals surface area contributed by atoms with Crippen LogP contribution < -0.4 is 5.32 Å². The quantitative estimate of drug-likeness (QED) is 0.774. The van der Waals surface area contributed by atoms with E-state index in [1.165, 1.54) is 19.3 Å². The number of thioether (sulfide) groups is 1. The van der Waals surface area contributed by atoms with Crippen LogP contribution in [-0.2, 0) is 18.4 Å². The number of piperidine rings is 1. The molecule has 1 spiro atoms. The van der Waals surface area contributed by atoms with E-state index in [-0.39, 0.29) is 0 Å². The summed E-state index contributed by atoms with van der Waals surface area (Å²) in [5.74, 6) is 2.35. The highest BCUT2D eigenvalue weighted by Gasteiger charge is 2.57. The largest absolute Gasteiger partial charge is 0.337 e. The lowest BCUT2D eigenvalue weighted by atomic mass is 9.93. The fourth-order valence-corrected chi connectivity index (χ4v) is 4.25. The van der Waals surface area contributed by atoms with E-state index in [0.717, 1.165) is 31.1 Å². The minimum atomic E-state index is 0.308. The smallest absolute Gasteiger partial charge is 0.223 e. The van der Waals surface area contributed by atoms with Gasteiger partial charge in [0.05, 0.1) is 6.54 Å². The van der Waals surface area contributed by atoms with Crippen molar-refractivity contribution in [2.24, 2.45) is 12.5 Å². The number of carbonyl (C=O) groups excluding carboxylic acids is 1. The van der Waals surface area contributed by atoms with Gasteiger partial charge in [-0.05, 0) is 56.2 Å². The molecular weight excluding hydrogens is 308 g/mol. The Bertz CT molecular complexity index is 538. The first-order chi connectivity index (χ1) is 11.2. The molecule has 1 saturated carbocycles. The van der Waals surface area contributed by atoms with Crippen LogP contribution in [0.4, 0.5) is 0 Å². The number of nitrogens with one attached hydrogen (secondary N) is 1. The predicted octanol–water partition coefficient (Wildman–Crippen LogP) is 2.03. The maximum absolute atomic E-state index is 12.8. The lowest BCUT2D eigenvalue weighted by Crippen LogP contribution is -2.39. The first-order valence-electron chi connectivity index (χ1n) is 8.62. The molecule has 5 nitrogen and oxygen atoms in total. The molecule has 1 aromatic heterocycles. The maximum atomic E-state index is 12.8. The summed E-state index contributed by atoms with van der Waals surface area (Å²) in [6.45, 7) is 2.84. The van der Waals surface area contributed by atoms with Gasteiger partial charge in [-0.25, -0.2) is 4.98 Å². The molecule has 23 heavy (non-hydrogen) atoms. The maximum Gasteiger partial charge on any atom is 0.223 e. The zero-order valence-electron chi connectivity index (χ0n) is 14.3. The van der Waals surface area contributed by atoms with Gasteiger partial charge in [-0.2, -0.15) is 11.8 Å². The SMILES string of the molecule is CSCCCC(=O)N(Cc1nccn1C)[C@H]1CC12CCNCC2. The van der Waals surface area contributed by atoms with Crippen LogP contribution in [0.1, 0.15) is 37.9 Å². The van der Waals surface area contributed by atoms with Gasteiger partial charge in [0, 0.05) is 31.9 Å². The van der Waals surface area contributed by atoms with Crippen molar-refractivity contribution in [1.29, 1.82) is 0 Å². The Labute approximate surface area is 143 Å². The number of aryl methyl sites for hydroxylation is 1. The van der Waals surface area contributed by atoms with E-state index in [1.807, 2.05) is 35.8 Å². The minimum absolute atomic E-state index is 0.308. The highest BCUT2D eigenvalue weighted by molar-refractivity contribution is 7.98. The number of hydrogen-bond acceptors (Lipinski definition) is 4. The third-order valence-electron chi connectivity index (χ3n) is 5.41. The molecule has 2 heterocycles. The second-order valence-electron chi connectivity index (χ2n) is 6.90. The molecule has 0 radical (unpaired) electrons. The Balaban J connectivity index is 1.69. The highest BCUT2D eigenvalue weighted by Crippen LogP contribution is 2.56. The van der Waals surface area contributed by atoms with Crippen LogP contribution in [0, 0.1) is 5.41 Å². The van der Waals surface area contributed by atoms with Gasteiger partial charge in [-0.15, -0.1) is 0 Å². The molecule has 0 bridgehead atoms. The molecule has 1 atom stereocenters. The van der Waals surface area contributed by atoms with E-state index in [1.54, 1.807) is 0 Å². The Morgan fingerprint density at radius 3 is 2.96 bits per heavy atom. The van der Waals surface area contributed by atoms with Gasteiger partial charge in [0.15, 0.2) is 0 Å². The van der Waals surface area contributed by atoms with E-state index < -0.39 is 0 Å². The van der Waals surface area contributed by atoms with Gasteiger partial charge < -0.3 is 14.8 Å². The summed E-state index contributed by atoms with van der Waals surface area (Å²) in [5.41, 5.74) is 0.381. The standard InChI is InChI=1S/C17H28N4OS/c1-20-10-9-19-15(20)13-21(16(22)4-3-11-23-2)14-12-17(14)5-7-18-8-6-17/h9-10,14,18H,3-8,11-13H2,1-2H3/t14-/m0/s1. The fourth-order valence-electron chi connectivity index (χ4n) is 3.81. The van der Waals surface area contributed by atoms with Crippen LogP contribution >= 0.6 is 11.8 Å². The number of amides is 1. The van der Waals surface area contributed by atoms with Crippen LogP contribution in [0.5, 0.6) is 0 Å². The molecule has 1 aliphatic carbocycles. The Hall–Kier alpha value is -1.01. The number of hydrogen-bond donors (Lipinski definition) is 1. The molecule has 1 amide bonds. The molecule has 2 aliphatic rings. The van der Waals surface area contributed by atoms with Crippen LogP contribution in [0.3, 0.4) is 0 Å². The van der Waals surface area contributed by atoms with Gasteiger partial charge in [-0.3, -0.25) is 4.79 Å². The first kappa shape index (κ1) is 16.8. The first-order valence-corrected chi connectivity index (χ1v) is 10.0. The molecule has 1 aliphatic heterocycles. The number of carbonyl (C=O) groups is 1. The van der Waals surface area contributed by atoms with Crippen LogP contribution in [0.25, 0.3) is 0 Å².